The monoisotopic (exact) mass is 372 g/mol. The van der Waals surface area contributed by atoms with E-state index >= 15 is 0 Å². The van der Waals surface area contributed by atoms with Crippen LogP contribution in [0.1, 0.15) is 79.5 Å². The molecule has 0 fully saturated rings. The zero-order valence-electron chi connectivity index (χ0n) is 18.3. The second kappa shape index (κ2) is 9.02. The summed E-state index contributed by atoms with van der Waals surface area (Å²) in [5, 5.41) is 0. The maximum Gasteiger partial charge on any atom is 0.111 e. The molecule has 3 rings (SSSR count). The molecule has 6 heteroatoms. The summed E-state index contributed by atoms with van der Waals surface area (Å²) in [5.74, 6) is 1.04. The van der Waals surface area contributed by atoms with Crippen molar-refractivity contribution < 1.29 is 0 Å². The average Bonchev–Trinajstić information content (AvgIpc) is 3.28. The standard InChI is InChI=1S/3C7H12N2/c2*1-7(2,3)6-4-8-5-9-6;1-7(2,3)6-8-4-5-9-6/h3*4-5H,1-3H3,(H,8,9). The summed E-state index contributed by atoms with van der Waals surface area (Å²) in [7, 11) is 0. The van der Waals surface area contributed by atoms with E-state index in [-0.39, 0.29) is 16.2 Å². The van der Waals surface area contributed by atoms with Crippen molar-refractivity contribution in [1.29, 1.82) is 0 Å². The van der Waals surface area contributed by atoms with E-state index in [2.05, 4.69) is 92.2 Å². The van der Waals surface area contributed by atoms with Gasteiger partial charge < -0.3 is 15.0 Å². The third-order valence-corrected chi connectivity index (χ3v) is 3.82. The first-order valence-electron chi connectivity index (χ1n) is 9.29. The fraction of sp³-hybridized carbons (Fsp3) is 0.571. The molecular formula is C21H36N6. The van der Waals surface area contributed by atoms with Crippen LogP contribution in [0.4, 0.5) is 0 Å². The quantitative estimate of drug-likeness (QED) is 0.512. The normalized spacial score (nSPS) is 11.9. The molecule has 0 spiro atoms. The Hall–Kier alpha value is -2.37. The summed E-state index contributed by atoms with van der Waals surface area (Å²) < 4.78 is 0. The number of aromatic nitrogens is 6. The van der Waals surface area contributed by atoms with Crippen molar-refractivity contribution in [2.24, 2.45) is 0 Å². The highest BCUT2D eigenvalue weighted by Crippen LogP contribution is 2.18. The van der Waals surface area contributed by atoms with Crippen LogP contribution in [0.2, 0.25) is 0 Å². The zero-order chi connectivity index (χ0) is 20.7. The molecule has 3 aromatic rings. The maximum atomic E-state index is 4.13. The minimum atomic E-state index is 0.156. The highest BCUT2D eigenvalue weighted by molar-refractivity contribution is 5.07. The molecule has 0 aromatic carbocycles. The molecule has 0 bridgehead atoms. The molecule has 0 aliphatic carbocycles. The molecule has 27 heavy (non-hydrogen) atoms. The molecule has 6 nitrogen and oxygen atoms in total. The Balaban J connectivity index is 0.000000202. The number of H-pyrrole nitrogens is 3. The van der Waals surface area contributed by atoms with Gasteiger partial charge in [-0.2, -0.15) is 0 Å². The van der Waals surface area contributed by atoms with Gasteiger partial charge in [0.05, 0.1) is 12.7 Å². The van der Waals surface area contributed by atoms with E-state index < -0.39 is 0 Å². The van der Waals surface area contributed by atoms with Crippen LogP contribution in [0.5, 0.6) is 0 Å². The molecular weight excluding hydrogens is 336 g/mol. The molecule has 0 saturated carbocycles. The van der Waals surface area contributed by atoms with Crippen molar-refractivity contribution in [2.45, 2.75) is 78.6 Å². The van der Waals surface area contributed by atoms with E-state index in [1.165, 1.54) is 11.4 Å². The summed E-state index contributed by atoms with van der Waals surface area (Å²) >= 11 is 0. The number of hydrogen-bond acceptors (Lipinski definition) is 3. The van der Waals surface area contributed by atoms with Gasteiger partial charge in [0.15, 0.2) is 0 Å². The first-order valence-corrected chi connectivity index (χ1v) is 9.29. The lowest BCUT2D eigenvalue weighted by Crippen LogP contribution is -2.12. The molecule has 0 saturated heterocycles. The van der Waals surface area contributed by atoms with E-state index in [1.54, 1.807) is 18.9 Å². The van der Waals surface area contributed by atoms with Crippen LogP contribution in [0.15, 0.2) is 37.4 Å². The fourth-order valence-electron chi connectivity index (χ4n) is 2.01. The molecule has 3 heterocycles. The minimum absolute atomic E-state index is 0.156. The van der Waals surface area contributed by atoms with Gasteiger partial charge in [-0.15, -0.1) is 0 Å². The van der Waals surface area contributed by atoms with Gasteiger partial charge in [-0.1, -0.05) is 62.3 Å². The first kappa shape index (κ1) is 22.7. The molecule has 0 amide bonds. The highest BCUT2D eigenvalue weighted by Gasteiger charge is 2.15. The van der Waals surface area contributed by atoms with Gasteiger partial charge in [0, 0.05) is 52.4 Å². The molecule has 150 valence electrons. The number of hydrogen-bond donors (Lipinski definition) is 3. The van der Waals surface area contributed by atoms with E-state index in [9.17, 15) is 0 Å². The predicted octanol–water partition coefficient (Wildman–Crippen LogP) is 5.12. The van der Waals surface area contributed by atoms with Crippen molar-refractivity contribution in [3.05, 3.63) is 54.7 Å². The lowest BCUT2D eigenvalue weighted by Gasteiger charge is -2.14. The lowest BCUT2D eigenvalue weighted by molar-refractivity contribution is 0.552. The molecule has 0 aliphatic rings. The van der Waals surface area contributed by atoms with Crippen LogP contribution in [0.3, 0.4) is 0 Å². The van der Waals surface area contributed by atoms with Gasteiger partial charge in [-0.3, -0.25) is 0 Å². The van der Waals surface area contributed by atoms with Crippen LogP contribution < -0.4 is 0 Å². The molecule has 3 aromatic heterocycles. The Morgan fingerprint density at radius 1 is 0.630 bits per heavy atom. The fourth-order valence-corrected chi connectivity index (χ4v) is 2.01. The van der Waals surface area contributed by atoms with Gasteiger partial charge in [0.25, 0.3) is 0 Å². The number of nitrogens with one attached hydrogen (secondary N) is 3. The van der Waals surface area contributed by atoms with E-state index in [1.807, 2.05) is 18.6 Å². The van der Waals surface area contributed by atoms with Gasteiger partial charge in [-0.25, -0.2) is 15.0 Å². The summed E-state index contributed by atoms with van der Waals surface area (Å²) in [5.41, 5.74) is 2.93. The van der Waals surface area contributed by atoms with Crippen molar-refractivity contribution in [3.8, 4) is 0 Å². The second-order valence-corrected chi connectivity index (χ2v) is 9.62. The summed E-state index contributed by atoms with van der Waals surface area (Å²) in [6.07, 6.45) is 10.8. The van der Waals surface area contributed by atoms with Crippen molar-refractivity contribution >= 4 is 0 Å². The summed E-state index contributed by atoms with van der Waals surface area (Å²) in [6.45, 7) is 19.3. The Labute approximate surface area is 163 Å². The summed E-state index contributed by atoms with van der Waals surface area (Å²) in [6, 6.07) is 0. The van der Waals surface area contributed by atoms with E-state index in [0.29, 0.717) is 0 Å². The van der Waals surface area contributed by atoms with Gasteiger partial charge in [0.1, 0.15) is 5.82 Å². The Bertz CT molecular complexity index is 613. The van der Waals surface area contributed by atoms with Gasteiger partial charge in [0.2, 0.25) is 0 Å². The van der Waals surface area contributed by atoms with E-state index in [4.69, 9.17) is 0 Å². The lowest BCUT2D eigenvalue weighted by atomic mass is 9.93. The number of rotatable bonds is 0. The third kappa shape index (κ3) is 8.24. The maximum absolute atomic E-state index is 4.13. The molecule has 3 N–H and O–H groups in total. The predicted molar refractivity (Wildman–Crippen MR) is 112 cm³/mol. The minimum Gasteiger partial charge on any atom is -0.348 e. The van der Waals surface area contributed by atoms with E-state index in [0.717, 1.165) is 5.82 Å². The highest BCUT2D eigenvalue weighted by atomic mass is 14.9. The van der Waals surface area contributed by atoms with Crippen molar-refractivity contribution in [3.63, 3.8) is 0 Å². The van der Waals surface area contributed by atoms with Crippen LogP contribution in [0, 0.1) is 0 Å². The van der Waals surface area contributed by atoms with Crippen LogP contribution in [-0.2, 0) is 16.2 Å². The molecule has 0 radical (unpaired) electrons. The van der Waals surface area contributed by atoms with Crippen LogP contribution >= 0.6 is 0 Å². The summed E-state index contributed by atoms with van der Waals surface area (Å²) in [4.78, 5) is 21.2. The zero-order valence-corrected chi connectivity index (χ0v) is 18.3. The molecule has 0 aliphatic heterocycles. The molecule has 0 unspecified atom stereocenters. The average molecular weight is 373 g/mol. The Morgan fingerprint density at radius 2 is 1.07 bits per heavy atom. The number of imidazole rings is 3. The number of aromatic amines is 3. The smallest absolute Gasteiger partial charge is 0.111 e. The Morgan fingerprint density at radius 3 is 1.22 bits per heavy atom. The molecule has 0 atom stereocenters. The largest absolute Gasteiger partial charge is 0.348 e. The van der Waals surface area contributed by atoms with Crippen LogP contribution in [0.25, 0.3) is 0 Å². The topological polar surface area (TPSA) is 86.0 Å². The second-order valence-electron chi connectivity index (χ2n) is 9.62. The number of nitrogens with zero attached hydrogens (tertiary/aromatic N) is 3. The van der Waals surface area contributed by atoms with Gasteiger partial charge >= 0.3 is 0 Å². The third-order valence-electron chi connectivity index (χ3n) is 3.82. The van der Waals surface area contributed by atoms with Crippen molar-refractivity contribution in [2.75, 3.05) is 0 Å². The van der Waals surface area contributed by atoms with Crippen molar-refractivity contribution in [1.82, 2.24) is 29.9 Å². The SMILES string of the molecule is CC(C)(C)c1cnc[nH]1.CC(C)(C)c1cnc[nH]1.CC(C)(C)c1ncc[nH]1. The Kier molecular flexibility index (Phi) is 7.57. The van der Waals surface area contributed by atoms with Crippen LogP contribution in [-0.4, -0.2) is 29.9 Å². The first-order chi connectivity index (χ1) is 12.3. The van der Waals surface area contributed by atoms with Gasteiger partial charge in [-0.05, 0) is 0 Å².